The highest BCUT2D eigenvalue weighted by atomic mass is 32.2. The Kier molecular flexibility index (Phi) is 5.28. The van der Waals surface area contributed by atoms with Crippen LogP contribution in [0.2, 0.25) is 0 Å². The topological polar surface area (TPSA) is 96.4 Å². The highest BCUT2D eigenvalue weighted by Crippen LogP contribution is 2.17. The smallest absolute Gasteiger partial charge is 0.303 e. The largest absolute Gasteiger partial charge is 0.481 e. The number of nitrogens with zero attached hydrogens (tertiary/aromatic N) is 1. The van der Waals surface area contributed by atoms with Crippen molar-refractivity contribution in [2.24, 2.45) is 0 Å². The molecule has 0 saturated heterocycles. The highest BCUT2D eigenvalue weighted by molar-refractivity contribution is 7.92. The van der Waals surface area contributed by atoms with E-state index < -0.39 is 21.8 Å². The number of aliphatic carboxylic acids is 1. The maximum absolute atomic E-state index is 13.1. The van der Waals surface area contributed by atoms with Gasteiger partial charge in [-0.05, 0) is 36.6 Å². The van der Waals surface area contributed by atoms with Crippen molar-refractivity contribution in [1.29, 1.82) is 0 Å². The van der Waals surface area contributed by atoms with E-state index in [1.54, 1.807) is 24.3 Å². The molecule has 0 aliphatic heterocycles. The van der Waals surface area contributed by atoms with E-state index in [0.29, 0.717) is 18.5 Å². The normalized spacial score (nSPS) is 11.2. The first-order valence-corrected chi connectivity index (χ1v) is 8.29. The molecule has 0 amide bonds. The van der Waals surface area contributed by atoms with E-state index in [-0.39, 0.29) is 11.3 Å². The van der Waals surface area contributed by atoms with Crippen molar-refractivity contribution < 1.29 is 22.7 Å². The van der Waals surface area contributed by atoms with E-state index in [0.717, 1.165) is 24.0 Å². The maximum Gasteiger partial charge on any atom is 0.303 e. The standard InChI is InChI=1S/C15H15FN2O4S/c16-12-8-14(10-17-9-12)23(21,22)18-13-6-4-11(5-7-13)2-1-3-15(19)20/h4-10,18H,1-3H2,(H,19,20). The lowest BCUT2D eigenvalue weighted by Gasteiger charge is -2.08. The molecule has 0 atom stereocenters. The first-order chi connectivity index (χ1) is 10.9. The molecular weight excluding hydrogens is 323 g/mol. The molecule has 8 heteroatoms. The molecule has 0 fully saturated rings. The number of aryl methyl sites for hydroxylation is 1. The van der Waals surface area contributed by atoms with Crippen LogP contribution in [-0.2, 0) is 21.2 Å². The van der Waals surface area contributed by atoms with Crippen LogP contribution in [0.3, 0.4) is 0 Å². The number of carboxylic acids is 1. The number of halogens is 1. The third-order valence-corrected chi connectivity index (χ3v) is 4.40. The fraction of sp³-hybridized carbons (Fsp3) is 0.200. The molecule has 1 heterocycles. The van der Waals surface area contributed by atoms with Crippen molar-refractivity contribution in [3.8, 4) is 0 Å². The zero-order valence-corrected chi connectivity index (χ0v) is 12.9. The van der Waals surface area contributed by atoms with Gasteiger partial charge in [0, 0.05) is 18.3 Å². The Bertz CT molecular complexity index is 791. The average molecular weight is 338 g/mol. The third-order valence-electron chi connectivity index (χ3n) is 3.05. The van der Waals surface area contributed by atoms with Gasteiger partial charge in [-0.15, -0.1) is 0 Å². The Labute approximate surface area is 133 Å². The van der Waals surface area contributed by atoms with Crippen LogP contribution in [0.15, 0.2) is 47.6 Å². The molecule has 0 saturated carbocycles. The van der Waals surface area contributed by atoms with E-state index in [1.807, 2.05) is 0 Å². The minimum absolute atomic E-state index is 0.0843. The van der Waals surface area contributed by atoms with Gasteiger partial charge in [-0.3, -0.25) is 14.5 Å². The minimum Gasteiger partial charge on any atom is -0.481 e. The number of anilines is 1. The number of carbonyl (C=O) groups is 1. The van der Waals surface area contributed by atoms with Crippen molar-refractivity contribution >= 4 is 21.7 Å². The molecule has 2 rings (SSSR count). The fourth-order valence-electron chi connectivity index (χ4n) is 1.94. The lowest BCUT2D eigenvalue weighted by molar-refractivity contribution is -0.137. The van der Waals surface area contributed by atoms with Crippen molar-refractivity contribution in [2.45, 2.75) is 24.2 Å². The van der Waals surface area contributed by atoms with Gasteiger partial charge in [0.2, 0.25) is 0 Å². The molecular formula is C15H15FN2O4S. The van der Waals surface area contributed by atoms with Crippen LogP contribution < -0.4 is 4.72 Å². The Morgan fingerprint density at radius 2 is 1.91 bits per heavy atom. The van der Waals surface area contributed by atoms with E-state index >= 15 is 0 Å². The highest BCUT2D eigenvalue weighted by Gasteiger charge is 2.15. The molecule has 0 radical (unpaired) electrons. The summed E-state index contributed by atoms with van der Waals surface area (Å²) in [5.74, 6) is -1.58. The van der Waals surface area contributed by atoms with E-state index in [4.69, 9.17) is 5.11 Å². The summed E-state index contributed by atoms with van der Waals surface area (Å²) in [7, 11) is -3.91. The Hall–Kier alpha value is -2.48. The first-order valence-electron chi connectivity index (χ1n) is 6.81. The molecule has 2 aromatic rings. The summed E-state index contributed by atoms with van der Waals surface area (Å²) in [5, 5.41) is 8.58. The van der Waals surface area contributed by atoms with Gasteiger partial charge in [-0.1, -0.05) is 12.1 Å². The number of rotatable bonds is 7. The second-order valence-electron chi connectivity index (χ2n) is 4.89. The van der Waals surface area contributed by atoms with Crippen LogP contribution in [-0.4, -0.2) is 24.5 Å². The summed E-state index contributed by atoms with van der Waals surface area (Å²) >= 11 is 0. The molecule has 6 nitrogen and oxygen atoms in total. The molecule has 0 aliphatic carbocycles. The molecule has 0 spiro atoms. The second kappa shape index (κ2) is 7.19. The summed E-state index contributed by atoms with van der Waals surface area (Å²) in [5.41, 5.74) is 1.23. The number of carboxylic acid groups (broad SMARTS) is 1. The van der Waals surface area contributed by atoms with E-state index in [2.05, 4.69) is 9.71 Å². The van der Waals surface area contributed by atoms with Gasteiger partial charge in [0.05, 0.1) is 6.20 Å². The Balaban J connectivity index is 2.04. The summed E-state index contributed by atoms with van der Waals surface area (Å²) in [6.45, 7) is 0. The predicted octanol–water partition coefficient (Wildman–Crippen LogP) is 2.43. The van der Waals surface area contributed by atoms with Gasteiger partial charge in [-0.25, -0.2) is 12.8 Å². The van der Waals surface area contributed by atoms with Crippen LogP contribution in [0, 0.1) is 5.82 Å². The zero-order chi connectivity index (χ0) is 16.9. The summed E-state index contributed by atoms with van der Waals surface area (Å²) in [6.07, 6.45) is 3.17. The zero-order valence-electron chi connectivity index (χ0n) is 12.1. The molecule has 23 heavy (non-hydrogen) atoms. The predicted molar refractivity (Wildman–Crippen MR) is 82.0 cm³/mol. The molecule has 2 N–H and O–H groups in total. The van der Waals surface area contributed by atoms with Gasteiger partial charge in [-0.2, -0.15) is 0 Å². The van der Waals surface area contributed by atoms with Crippen LogP contribution >= 0.6 is 0 Å². The number of aromatic nitrogens is 1. The number of sulfonamides is 1. The van der Waals surface area contributed by atoms with Crippen molar-refractivity contribution in [3.63, 3.8) is 0 Å². The first kappa shape index (κ1) is 16.9. The lowest BCUT2D eigenvalue weighted by atomic mass is 10.1. The fourth-order valence-corrected chi connectivity index (χ4v) is 2.97. The van der Waals surface area contributed by atoms with Crippen molar-refractivity contribution in [2.75, 3.05) is 4.72 Å². The monoisotopic (exact) mass is 338 g/mol. The summed E-state index contributed by atoms with van der Waals surface area (Å²) < 4.78 is 39.6. The molecule has 0 aliphatic rings. The maximum atomic E-state index is 13.1. The Morgan fingerprint density at radius 3 is 2.52 bits per heavy atom. The van der Waals surface area contributed by atoms with Crippen molar-refractivity contribution in [1.82, 2.24) is 4.98 Å². The number of pyridine rings is 1. The molecule has 122 valence electrons. The lowest BCUT2D eigenvalue weighted by Crippen LogP contribution is -2.13. The van der Waals surface area contributed by atoms with Gasteiger partial charge in [0.15, 0.2) is 0 Å². The van der Waals surface area contributed by atoms with Gasteiger partial charge < -0.3 is 5.11 Å². The van der Waals surface area contributed by atoms with E-state index in [9.17, 15) is 17.6 Å². The number of hydrogen-bond acceptors (Lipinski definition) is 4. The molecule has 1 aromatic heterocycles. The molecule has 0 unspecified atom stereocenters. The second-order valence-corrected chi connectivity index (χ2v) is 6.57. The van der Waals surface area contributed by atoms with Crippen LogP contribution in [0.1, 0.15) is 18.4 Å². The quantitative estimate of drug-likeness (QED) is 0.808. The van der Waals surface area contributed by atoms with Crippen molar-refractivity contribution in [3.05, 3.63) is 54.1 Å². The number of hydrogen-bond donors (Lipinski definition) is 2. The SMILES string of the molecule is O=C(O)CCCc1ccc(NS(=O)(=O)c2cncc(F)c2)cc1. The van der Waals surface area contributed by atoms with Gasteiger partial charge in [0.25, 0.3) is 10.0 Å². The van der Waals surface area contributed by atoms with Crippen LogP contribution in [0.4, 0.5) is 10.1 Å². The average Bonchev–Trinajstić information content (AvgIpc) is 2.48. The number of benzene rings is 1. The minimum atomic E-state index is -3.91. The molecule has 0 bridgehead atoms. The Morgan fingerprint density at radius 1 is 1.22 bits per heavy atom. The van der Waals surface area contributed by atoms with Gasteiger partial charge >= 0.3 is 5.97 Å². The number of nitrogens with one attached hydrogen (secondary N) is 1. The van der Waals surface area contributed by atoms with Crippen LogP contribution in [0.25, 0.3) is 0 Å². The van der Waals surface area contributed by atoms with Gasteiger partial charge in [0.1, 0.15) is 10.7 Å². The summed E-state index contributed by atoms with van der Waals surface area (Å²) in [6, 6.07) is 7.45. The van der Waals surface area contributed by atoms with E-state index in [1.165, 1.54) is 0 Å². The summed E-state index contributed by atoms with van der Waals surface area (Å²) in [4.78, 5) is 13.7. The van der Waals surface area contributed by atoms with Crippen LogP contribution in [0.5, 0.6) is 0 Å². The molecule has 1 aromatic carbocycles. The third kappa shape index (κ3) is 5.03.